The van der Waals surface area contributed by atoms with Crippen LogP contribution in [-0.2, 0) is 4.79 Å². The van der Waals surface area contributed by atoms with E-state index in [0.717, 1.165) is 19.3 Å². The summed E-state index contributed by atoms with van der Waals surface area (Å²) in [6, 6.07) is 0. The second-order valence-corrected chi connectivity index (χ2v) is 5.06. The molecular formula is C13H24F3IN4O. The van der Waals surface area contributed by atoms with Gasteiger partial charge in [0.15, 0.2) is 5.96 Å². The monoisotopic (exact) mass is 436 g/mol. The summed E-state index contributed by atoms with van der Waals surface area (Å²) in [5, 5.41) is 8.35. The number of rotatable bonds is 7. The van der Waals surface area contributed by atoms with Crippen molar-refractivity contribution in [1.82, 2.24) is 16.0 Å². The van der Waals surface area contributed by atoms with Gasteiger partial charge in [0, 0.05) is 32.6 Å². The zero-order valence-corrected chi connectivity index (χ0v) is 15.0. The molecule has 0 aromatic carbocycles. The van der Waals surface area contributed by atoms with E-state index in [2.05, 4.69) is 20.9 Å². The average molecular weight is 436 g/mol. The summed E-state index contributed by atoms with van der Waals surface area (Å²) >= 11 is 0. The number of amides is 1. The number of alkyl halides is 3. The SMILES string of the molecule is CN=C(NCCCNC(=O)C1CCC1)NCCC(F)(F)F.I. The number of nitrogens with zero attached hydrogens (tertiary/aromatic N) is 1. The van der Waals surface area contributed by atoms with Gasteiger partial charge < -0.3 is 16.0 Å². The Morgan fingerprint density at radius 3 is 2.23 bits per heavy atom. The average Bonchev–Trinajstić information content (AvgIpc) is 2.32. The molecule has 0 atom stereocenters. The largest absolute Gasteiger partial charge is 0.390 e. The summed E-state index contributed by atoms with van der Waals surface area (Å²) < 4.78 is 36.0. The van der Waals surface area contributed by atoms with Crippen molar-refractivity contribution in [3.8, 4) is 0 Å². The van der Waals surface area contributed by atoms with Crippen molar-refractivity contribution in [2.24, 2.45) is 10.9 Å². The van der Waals surface area contributed by atoms with Gasteiger partial charge in [-0.1, -0.05) is 6.42 Å². The van der Waals surface area contributed by atoms with E-state index in [0.29, 0.717) is 25.5 Å². The van der Waals surface area contributed by atoms with E-state index in [-0.39, 0.29) is 42.3 Å². The lowest BCUT2D eigenvalue weighted by Crippen LogP contribution is -2.40. The minimum atomic E-state index is -4.17. The first-order valence-electron chi connectivity index (χ1n) is 7.21. The normalized spacial score (nSPS) is 15.5. The lowest BCUT2D eigenvalue weighted by atomic mass is 9.85. The fourth-order valence-electron chi connectivity index (χ4n) is 1.86. The van der Waals surface area contributed by atoms with Crippen molar-refractivity contribution in [2.75, 3.05) is 26.7 Å². The first-order valence-corrected chi connectivity index (χ1v) is 7.21. The Bertz CT molecular complexity index is 360. The van der Waals surface area contributed by atoms with Crippen LogP contribution in [0.3, 0.4) is 0 Å². The molecule has 130 valence electrons. The molecule has 0 radical (unpaired) electrons. The Kier molecular flexibility index (Phi) is 10.5. The molecule has 0 saturated heterocycles. The molecule has 0 aromatic rings. The third-order valence-corrected chi connectivity index (χ3v) is 3.35. The minimum Gasteiger partial charge on any atom is -0.356 e. The highest BCUT2D eigenvalue weighted by Crippen LogP contribution is 2.25. The summed E-state index contributed by atoms with van der Waals surface area (Å²) in [7, 11) is 1.50. The lowest BCUT2D eigenvalue weighted by molar-refractivity contribution is -0.132. The van der Waals surface area contributed by atoms with Gasteiger partial charge in [0.2, 0.25) is 5.91 Å². The van der Waals surface area contributed by atoms with Gasteiger partial charge in [-0.25, -0.2) is 0 Å². The number of halogens is 4. The third kappa shape index (κ3) is 9.31. The van der Waals surface area contributed by atoms with Gasteiger partial charge in [0.25, 0.3) is 0 Å². The van der Waals surface area contributed by atoms with E-state index < -0.39 is 12.6 Å². The first kappa shape index (κ1) is 21.3. The number of carbonyl (C=O) groups excluding carboxylic acids is 1. The molecule has 1 amide bonds. The van der Waals surface area contributed by atoms with Crippen LogP contribution in [0.1, 0.15) is 32.1 Å². The van der Waals surface area contributed by atoms with Crippen LogP contribution in [0.2, 0.25) is 0 Å². The van der Waals surface area contributed by atoms with Crippen molar-refractivity contribution >= 4 is 35.8 Å². The molecule has 1 fully saturated rings. The summed E-state index contributed by atoms with van der Waals surface area (Å²) in [5.74, 6) is 0.619. The van der Waals surface area contributed by atoms with Gasteiger partial charge in [-0.3, -0.25) is 9.79 Å². The first-order chi connectivity index (χ1) is 9.92. The molecule has 0 heterocycles. The zero-order chi connectivity index (χ0) is 15.7. The van der Waals surface area contributed by atoms with E-state index in [1.807, 2.05) is 0 Å². The van der Waals surface area contributed by atoms with Gasteiger partial charge in [0.1, 0.15) is 0 Å². The van der Waals surface area contributed by atoms with Crippen molar-refractivity contribution in [3.63, 3.8) is 0 Å². The van der Waals surface area contributed by atoms with Gasteiger partial charge >= 0.3 is 6.18 Å². The number of aliphatic imine (C=N–C) groups is 1. The van der Waals surface area contributed by atoms with E-state index in [4.69, 9.17) is 0 Å². The molecule has 3 N–H and O–H groups in total. The second kappa shape index (κ2) is 10.9. The number of carbonyl (C=O) groups is 1. The summed E-state index contributed by atoms with van der Waals surface area (Å²) in [6.07, 6.45) is -1.31. The minimum absolute atomic E-state index is 0. The second-order valence-electron chi connectivity index (χ2n) is 5.06. The summed E-state index contributed by atoms with van der Waals surface area (Å²) in [4.78, 5) is 15.4. The Morgan fingerprint density at radius 1 is 1.14 bits per heavy atom. The molecule has 0 bridgehead atoms. The molecule has 1 rings (SSSR count). The number of guanidine groups is 1. The van der Waals surface area contributed by atoms with Crippen molar-refractivity contribution < 1.29 is 18.0 Å². The van der Waals surface area contributed by atoms with Crippen molar-refractivity contribution in [1.29, 1.82) is 0 Å². The molecule has 9 heteroatoms. The van der Waals surface area contributed by atoms with Crippen LogP contribution in [-0.4, -0.2) is 44.7 Å². The van der Waals surface area contributed by atoms with Crippen molar-refractivity contribution in [3.05, 3.63) is 0 Å². The fraction of sp³-hybridized carbons (Fsp3) is 0.846. The predicted molar refractivity (Wildman–Crippen MR) is 90.4 cm³/mol. The highest BCUT2D eigenvalue weighted by atomic mass is 127. The zero-order valence-electron chi connectivity index (χ0n) is 12.6. The standard InChI is InChI=1S/C13H23F3N4O.HI/c1-17-12(20-9-6-13(14,15)16)19-8-3-7-18-11(21)10-4-2-5-10;/h10H,2-9H2,1H3,(H,18,21)(H2,17,19,20);1H. The molecule has 0 aromatic heterocycles. The molecular weight excluding hydrogens is 412 g/mol. The molecule has 5 nitrogen and oxygen atoms in total. The third-order valence-electron chi connectivity index (χ3n) is 3.35. The molecule has 1 saturated carbocycles. The highest BCUT2D eigenvalue weighted by Gasteiger charge is 2.26. The van der Waals surface area contributed by atoms with E-state index in [9.17, 15) is 18.0 Å². The molecule has 1 aliphatic rings. The maximum Gasteiger partial charge on any atom is 0.390 e. The molecule has 22 heavy (non-hydrogen) atoms. The Balaban J connectivity index is 0.00000441. The van der Waals surface area contributed by atoms with E-state index in [1.54, 1.807) is 0 Å². The topological polar surface area (TPSA) is 65.5 Å². The van der Waals surface area contributed by atoms with Gasteiger partial charge in [-0.2, -0.15) is 13.2 Å². The Morgan fingerprint density at radius 2 is 1.73 bits per heavy atom. The predicted octanol–water partition coefficient (Wildman–Crippen LogP) is 2.03. The summed E-state index contributed by atoms with van der Waals surface area (Å²) in [5.41, 5.74) is 0. The molecule has 0 spiro atoms. The van der Waals surface area contributed by atoms with Crippen LogP contribution in [0.25, 0.3) is 0 Å². The van der Waals surface area contributed by atoms with E-state index >= 15 is 0 Å². The van der Waals surface area contributed by atoms with Crippen LogP contribution in [0.5, 0.6) is 0 Å². The smallest absolute Gasteiger partial charge is 0.356 e. The van der Waals surface area contributed by atoms with Crippen LogP contribution in [0.4, 0.5) is 13.2 Å². The summed E-state index contributed by atoms with van der Waals surface area (Å²) in [6.45, 7) is 0.889. The van der Waals surface area contributed by atoms with E-state index in [1.165, 1.54) is 7.05 Å². The lowest BCUT2D eigenvalue weighted by Gasteiger charge is -2.24. The maximum absolute atomic E-state index is 12.0. The Hall–Kier alpha value is -0.740. The number of hydrogen-bond acceptors (Lipinski definition) is 2. The maximum atomic E-state index is 12.0. The highest BCUT2D eigenvalue weighted by molar-refractivity contribution is 14.0. The van der Waals surface area contributed by atoms with Gasteiger partial charge in [-0.15, -0.1) is 24.0 Å². The van der Waals surface area contributed by atoms with Crippen LogP contribution in [0.15, 0.2) is 4.99 Å². The van der Waals surface area contributed by atoms with Crippen molar-refractivity contribution in [2.45, 2.75) is 38.3 Å². The van der Waals surface area contributed by atoms with Crippen LogP contribution in [0, 0.1) is 5.92 Å². The fourth-order valence-corrected chi connectivity index (χ4v) is 1.86. The molecule has 0 unspecified atom stereocenters. The number of nitrogens with one attached hydrogen (secondary N) is 3. The quantitative estimate of drug-likeness (QED) is 0.248. The van der Waals surface area contributed by atoms with Gasteiger partial charge in [-0.05, 0) is 19.3 Å². The Labute approximate surface area is 145 Å². The number of hydrogen-bond donors (Lipinski definition) is 3. The van der Waals surface area contributed by atoms with Gasteiger partial charge in [0.05, 0.1) is 6.42 Å². The molecule has 1 aliphatic carbocycles. The molecule has 0 aliphatic heterocycles. The van der Waals surface area contributed by atoms with Crippen LogP contribution < -0.4 is 16.0 Å². The van der Waals surface area contributed by atoms with Crippen LogP contribution >= 0.6 is 24.0 Å².